The molecule has 8 nitrogen and oxygen atoms in total. The zero-order chi connectivity index (χ0) is 18.6. The lowest BCUT2D eigenvalue weighted by Crippen LogP contribution is -2.12. The number of hydrogen-bond donors (Lipinski definition) is 2. The first-order valence-electron chi connectivity index (χ1n) is 7.33. The number of methoxy groups -OCH3 is 1. The Balaban J connectivity index is 2.22. The van der Waals surface area contributed by atoms with Crippen LogP contribution in [0, 0.1) is 17.0 Å². The number of nitrogens with one attached hydrogen (secondary N) is 1. The van der Waals surface area contributed by atoms with Crippen LogP contribution in [0.2, 0.25) is 0 Å². The fraction of sp³-hybridized carbons (Fsp3) is 0.176. The van der Waals surface area contributed by atoms with Gasteiger partial charge < -0.3 is 15.8 Å². The Morgan fingerprint density at radius 2 is 1.88 bits per heavy atom. The maximum Gasteiger partial charge on any atom is 0.337 e. The van der Waals surface area contributed by atoms with Gasteiger partial charge >= 0.3 is 5.97 Å². The molecule has 0 atom stereocenters. The van der Waals surface area contributed by atoms with Crippen molar-refractivity contribution >= 4 is 23.3 Å². The van der Waals surface area contributed by atoms with Crippen LogP contribution >= 0.6 is 0 Å². The summed E-state index contributed by atoms with van der Waals surface area (Å²) in [5.74, 6) is -1.16. The van der Waals surface area contributed by atoms with Crippen molar-refractivity contribution in [3.8, 4) is 0 Å². The number of carbonyl (C=O) groups excluding carboxylic acids is 2. The van der Waals surface area contributed by atoms with Crippen molar-refractivity contribution in [1.82, 2.24) is 0 Å². The third kappa shape index (κ3) is 4.11. The van der Waals surface area contributed by atoms with E-state index in [1.165, 1.54) is 19.2 Å². The van der Waals surface area contributed by atoms with Crippen LogP contribution in [-0.2, 0) is 11.3 Å². The fourth-order valence-electron chi connectivity index (χ4n) is 2.33. The molecule has 2 aromatic carbocycles. The van der Waals surface area contributed by atoms with Gasteiger partial charge in [-0.2, -0.15) is 0 Å². The van der Waals surface area contributed by atoms with Crippen LogP contribution < -0.4 is 11.1 Å². The molecule has 0 unspecified atom stereocenters. The van der Waals surface area contributed by atoms with E-state index in [-0.39, 0.29) is 17.8 Å². The molecule has 0 aromatic heterocycles. The average molecular weight is 343 g/mol. The van der Waals surface area contributed by atoms with Crippen molar-refractivity contribution < 1.29 is 19.2 Å². The van der Waals surface area contributed by atoms with Crippen LogP contribution in [0.1, 0.15) is 31.8 Å². The van der Waals surface area contributed by atoms with E-state index in [1.807, 2.05) is 0 Å². The zero-order valence-corrected chi connectivity index (χ0v) is 13.7. The molecular weight excluding hydrogens is 326 g/mol. The minimum Gasteiger partial charge on any atom is -0.465 e. The predicted molar refractivity (Wildman–Crippen MR) is 91.5 cm³/mol. The van der Waals surface area contributed by atoms with Crippen LogP contribution in [0.4, 0.5) is 11.4 Å². The van der Waals surface area contributed by atoms with Crippen LogP contribution in [-0.4, -0.2) is 23.9 Å². The molecule has 3 N–H and O–H groups in total. The second kappa shape index (κ2) is 7.43. The van der Waals surface area contributed by atoms with Gasteiger partial charge in [-0.05, 0) is 42.8 Å². The maximum absolute atomic E-state index is 11.5. The standard InChI is InChI=1S/C17H17N3O5/c1-10-7-12(17(22)25-2)5-6-14(10)19-9-13-4-3-11(16(18)21)8-15(13)20(23)24/h3-8,19H,9H2,1-2H3,(H2,18,21). The number of nitro groups is 1. The summed E-state index contributed by atoms with van der Waals surface area (Å²) >= 11 is 0. The Kier molecular flexibility index (Phi) is 5.33. The molecule has 8 heteroatoms. The molecule has 25 heavy (non-hydrogen) atoms. The van der Waals surface area contributed by atoms with Gasteiger partial charge in [0.25, 0.3) is 5.69 Å². The highest BCUT2D eigenvalue weighted by Gasteiger charge is 2.16. The molecule has 0 radical (unpaired) electrons. The summed E-state index contributed by atoms with van der Waals surface area (Å²) < 4.78 is 4.66. The Morgan fingerprint density at radius 3 is 2.44 bits per heavy atom. The summed E-state index contributed by atoms with van der Waals surface area (Å²) in [4.78, 5) is 33.3. The number of nitrogens with two attached hydrogens (primary N) is 1. The summed E-state index contributed by atoms with van der Waals surface area (Å²) in [5, 5.41) is 14.3. The lowest BCUT2D eigenvalue weighted by atomic mass is 10.1. The first kappa shape index (κ1) is 17.9. The summed E-state index contributed by atoms with van der Waals surface area (Å²) in [6, 6.07) is 9.06. The molecule has 0 aliphatic heterocycles. The van der Waals surface area contributed by atoms with Crippen LogP contribution in [0.15, 0.2) is 36.4 Å². The molecule has 0 spiro atoms. The topological polar surface area (TPSA) is 125 Å². The summed E-state index contributed by atoms with van der Waals surface area (Å²) in [6.45, 7) is 1.98. The molecule has 0 fully saturated rings. The second-order valence-electron chi connectivity index (χ2n) is 5.34. The normalized spacial score (nSPS) is 10.2. The van der Waals surface area contributed by atoms with Gasteiger partial charge in [0.15, 0.2) is 0 Å². The van der Waals surface area contributed by atoms with Crippen molar-refractivity contribution in [3.05, 3.63) is 68.8 Å². The molecule has 0 aliphatic rings. The van der Waals surface area contributed by atoms with Crippen molar-refractivity contribution in [2.75, 3.05) is 12.4 Å². The minimum absolute atomic E-state index is 0.0778. The molecular formula is C17H17N3O5. The number of ether oxygens (including phenoxy) is 1. The molecule has 2 rings (SSSR count). The van der Waals surface area contributed by atoms with E-state index in [1.54, 1.807) is 25.1 Å². The summed E-state index contributed by atoms with van der Waals surface area (Å²) in [5.41, 5.74) is 7.38. The number of benzene rings is 2. The number of nitrogens with zero attached hydrogens (tertiary/aromatic N) is 1. The van der Waals surface area contributed by atoms with Gasteiger partial charge in [0.05, 0.1) is 17.6 Å². The van der Waals surface area contributed by atoms with E-state index in [0.29, 0.717) is 11.1 Å². The number of amides is 1. The number of rotatable bonds is 6. The highest BCUT2D eigenvalue weighted by molar-refractivity contribution is 5.93. The number of nitro benzene ring substituents is 1. The Bertz CT molecular complexity index is 848. The van der Waals surface area contributed by atoms with Crippen molar-refractivity contribution in [3.63, 3.8) is 0 Å². The first-order valence-corrected chi connectivity index (χ1v) is 7.33. The van der Waals surface area contributed by atoms with Gasteiger partial charge in [-0.3, -0.25) is 14.9 Å². The number of primary amides is 1. The molecule has 0 heterocycles. The van der Waals surface area contributed by atoms with Gasteiger partial charge in [0, 0.05) is 29.4 Å². The number of carbonyl (C=O) groups is 2. The first-order chi connectivity index (χ1) is 11.8. The second-order valence-corrected chi connectivity index (χ2v) is 5.34. The van der Waals surface area contributed by atoms with E-state index in [4.69, 9.17) is 5.73 Å². The average Bonchev–Trinajstić information content (AvgIpc) is 2.59. The molecule has 1 amide bonds. The number of aryl methyl sites for hydroxylation is 1. The van der Waals surface area contributed by atoms with E-state index < -0.39 is 16.8 Å². The Morgan fingerprint density at radius 1 is 1.20 bits per heavy atom. The molecule has 2 aromatic rings. The minimum atomic E-state index is -0.725. The van der Waals surface area contributed by atoms with Crippen molar-refractivity contribution in [1.29, 1.82) is 0 Å². The van der Waals surface area contributed by atoms with E-state index >= 15 is 0 Å². The van der Waals surface area contributed by atoms with Crippen molar-refractivity contribution in [2.45, 2.75) is 13.5 Å². The van der Waals surface area contributed by atoms with Crippen LogP contribution in [0.3, 0.4) is 0 Å². The Hall–Kier alpha value is -3.42. The zero-order valence-electron chi connectivity index (χ0n) is 13.7. The van der Waals surface area contributed by atoms with Gasteiger partial charge in [-0.1, -0.05) is 0 Å². The van der Waals surface area contributed by atoms with Gasteiger partial charge in [-0.15, -0.1) is 0 Å². The predicted octanol–water partition coefficient (Wildman–Crippen LogP) is 2.40. The monoisotopic (exact) mass is 343 g/mol. The number of esters is 1. The third-order valence-corrected chi connectivity index (χ3v) is 3.68. The summed E-state index contributed by atoms with van der Waals surface area (Å²) in [6.07, 6.45) is 0. The van der Waals surface area contributed by atoms with Gasteiger partial charge in [0.2, 0.25) is 5.91 Å². The lowest BCUT2D eigenvalue weighted by molar-refractivity contribution is -0.385. The summed E-state index contributed by atoms with van der Waals surface area (Å²) in [7, 11) is 1.30. The number of anilines is 1. The van der Waals surface area contributed by atoms with E-state index in [0.717, 1.165) is 17.3 Å². The van der Waals surface area contributed by atoms with Crippen LogP contribution in [0.25, 0.3) is 0 Å². The van der Waals surface area contributed by atoms with Crippen molar-refractivity contribution in [2.24, 2.45) is 5.73 Å². The molecule has 0 saturated carbocycles. The molecule has 0 bridgehead atoms. The number of hydrogen-bond acceptors (Lipinski definition) is 6. The fourth-order valence-corrected chi connectivity index (χ4v) is 2.33. The van der Waals surface area contributed by atoms with E-state index in [2.05, 4.69) is 10.1 Å². The highest BCUT2D eigenvalue weighted by atomic mass is 16.6. The third-order valence-electron chi connectivity index (χ3n) is 3.68. The highest BCUT2D eigenvalue weighted by Crippen LogP contribution is 2.23. The maximum atomic E-state index is 11.5. The largest absolute Gasteiger partial charge is 0.465 e. The van der Waals surface area contributed by atoms with E-state index in [9.17, 15) is 19.7 Å². The molecule has 0 saturated heterocycles. The quantitative estimate of drug-likeness (QED) is 0.471. The SMILES string of the molecule is COC(=O)c1ccc(NCc2ccc(C(N)=O)cc2[N+](=O)[O-])c(C)c1. The Labute approximate surface area is 143 Å². The van der Waals surface area contributed by atoms with Gasteiger partial charge in [0.1, 0.15) is 0 Å². The van der Waals surface area contributed by atoms with Crippen LogP contribution in [0.5, 0.6) is 0 Å². The lowest BCUT2D eigenvalue weighted by Gasteiger charge is -2.11. The smallest absolute Gasteiger partial charge is 0.337 e. The molecule has 130 valence electrons. The van der Waals surface area contributed by atoms with Gasteiger partial charge in [-0.25, -0.2) is 4.79 Å². The molecule has 0 aliphatic carbocycles.